The number of fused-ring (bicyclic) bond motifs is 3. The van der Waals surface area contributed by atoms with Gasteiger partial charge in [0, 0.05) is 0 Å². The zero-order valence-corrected chi connectivity index (χ0v) is 12.6. The molecule has 4 heteroatoms. The Balaban J connectivity index is 1.92. The lowest BCUT2D eigenvalue weighted by Gasteiger charge is -2.36. The highest BCUT2D eigenvalue weighted by atomic mass is 16.5. The molecular formula is C17H20O4. The van der Waals surface area contributed by atoms with E-state index in [1.165, 1.54) is 11.1 Å². The zero-order valence-electron chi connectivity index (χ0n) is 12.6. The van der Waals surface area contributed by atoms with Gasteiger partial charge in [-0.3, -0.25) is 0 Å². The second-order valence-corrected chi connectivity index (χ2v) is 6.36. The third-order valence-corrected chi connectivity index (χ3v) is 5.13. The van der Waals surface area contributed by atoms with Gasteiger partial charge in [-0.25, -0.2) is 0 Å². The van der Waals surface area contributed by atoms with Crippen molar-refractivity contribution in [1.29, 1.82) is 0 Å². The molecule has 2 bridgehead atoms. The molecule has 3 atom stereocenters. The van der Waals surface area contributed by atoms with E-state index in [-0.39, 0.29) is 11.7 Å². The highest BCUT2D eigenvalue weighted by Crippen LogP contribution is 2.63. The minimum atomic E-state index is -0.422. The Hall–Kier alpha value is -1.52. The Morgan fingerprint density at radius 1 is 1.19 bits per heavy atom. The first-order valence-electron chi connectivity index (χ1n) is 7.40. The number of benzene rings is 1. The van der Waals surface area contributed by atoms with Gasteiger partial charge in [-0.1, -0.05) is 0 Å². The zero-order chi connectivity index (χ0) is 14.8. The number of methoxy groups -OCH3 is 2. The molecule has 1 aromatic rings. The van der Waals surface area contributed by atoms with Crippen LogP contribution in [0, 0.1) is 0 Å². The molecule has 1 fully saturated rings. The summed E-state index contributed by atoms with van der Waals surface area (Å²) in [6.07, 6.45) is 4.21. The van der Waals surface area contributed by atoms with Gasteiger partial charge in [-0.2, -0.15) is 0 Å². The topological polar surface area (TPSA) is 47.9 Å². The van der Waals surface area contributed by atoms with Crippen LogP contribution in [0.25, 0.3) is 0 Å². The van der Waals surface area contributed by atoms with Gasteiger partial charge in [0.1, 0.15) is 11.2 Å². The van der Waals surface area contributed by atoms with Crippen molar-refractivity contribution in [2.24, 2.45) is 0 Å². The van der Waals surface area contributed by atoms with E-state index in [0.717, 1.165) is 29.9 Å². The second kappa shape index (κ2) is 4.02. The summed E-state index contributed by atoms with van der Waals surface area (Å²) in [7, 11) is 3.30. The van der Waals surface area contributed by atoms with E-state index in [1.54, 1.807) is 14.2 Å². The van der Waals surface area contributed by atoms with Crippen LogP contribution in [0.1, 0.15) is 37.3 Å². The van der Waals surface area contributed by atoms with Gasteiger partial charge in [0.2, 0.25) is 0 Å². The molecule has 2 aliphatic heterocycles. The maximum absolute atomic E-state index is 9.95. The van der Waals surface area contributed by atoms with Gasteiger partial charge >= 0.3 is 0 Å². The van der Waals surface area contributed by atoms with Crippen LogP contribution < -0.4 is 9.47 Å². The molecule has 0 amide bonds. The van der Waals surface area contributed by atoms with E-state index in [0.29, 0.717) is 6.42 Å². The number of aliphatic hydroxyl groups is 1. The fourth-order valence-electron chi connectivity index (χ4n) is 4.19. The first-order chi connectivity index (χ1) is 10.0. The largest absolute Gasteiger partial charge is 0.493 e. The predicted octanol–water partition coefficient (Wildman–Crippen LogP) is 2.63. The van der Waals surface area contributed by atoms with Crippen LogP contribution in [0.2, 0.25) is 0 Å². The van der Waals surface area contributed by atoms with E-state index >= 15 is 0 Å². The lowest BCUT2D eigenvalue weighted by molar-refractivity contribution is -0.0855. The second-order valence-electron chi connectivity index (χ2n) is 6.36. The Bertz CT molecular complexity index is 650. The van der Waals surface area contributed by atoms with Crippen LogP contribution >= 0.6 is 0 Å². The van der Waals surface area contributed by atoms with E-state index in [9.17, 15) is 5.11 Å². The summed E-state index contributed by atoms with van der Waals surface area (Å²) < 4.78 is 17.3. The van der Waals surface area contributed by atoms with Crippen molar-refractivity contribution in [3.8, 4) is 11.5 Å². The van der Waals surface area contributed by atoms with Crippen LogP contribution in [0.15, 0.2) is 23.8 Å². The van der Waals surface area contributed by atoms with Crippen molar-refractivity contribution in [2.45, 2.75) is 43.5 Å². The van der Waals surface area contributed by atoms with Crippen molar-refractivity contribution >= 4 is 0 Å². The van der Waals surface area contributed by atoms with E-state index in [1.807, 2.05) is 12.1 Å². The Labute approximate surface area is 124 Å². The van der Waals surface area contributed by atoms with Gasteiger partial charge in [-0.15, -0.1) is 0 Å². The molecule has 3 aliphatic rings. The summed E-state index contributed by atoms with van der Waals surface area (Å²) in [5, 5.41) is 9.95. The molecule has 3 unspecified atom stereocenters. The maximum Gasteiger partial charge on any atom is 0.161 e. The fourth-order valence-corrected chi connectivity index (χ4v) is 4.19. The smallest absolute Gasteiger partial charge is 0.161 e. The Kier molecular flexibility index (Phi) is 2.52. The van der Waals surface area contributed by atoms with E-state index in [2.05, 4.69) is 13.0 Å². The molecule has 0 saturated heterocycles. The summed E-state index contributed by atoms with van der Waals surface area (Å²) in [6.45, 7) is 2.09. The van der Waals surface area contributed by atoms with Crippen LogP contribution in [0.5, 0.6) is 11.5 Å². The van der Waals surface area contributed by atoms with Gasteiger partial charge < -0.3 is 19.3 Å². The highest BCUT2D eigenvalue weighted by Gasteiger charge is 2.59. The summed E-state index contributed by atoms with van der Waals surface area (Å²) in [5.74, 6) is 1.46. The first kappa shape index (κ1) is 13.2. The molecule has 1 aliphatic carbocycles. The Morgan fingerprint density at radius 3 is 2.52 bits per heavy atom. The lowest BCUT2D eigenvalue weighted by atomic mass is 9.70. The van der Waals surface area contributed by atoms with Crippen LogP contribution in [-0.4, -0.2) is 25.4 Å². The molecule has 2 heterocycles. The molecule has 21 heavy (non-hydrogen) atoms. The monoisotopic (exact) mass is 288 g/mol. The molecule has 0 aromatic heterocycles. The number of rotatable bonds is 2. The van der Waals surface area contributed by atoms with Crippen molar-refractivity contribution in [1.82, 2.24) is 0 Å². The number of hydrogen-bond acceptors (Lipinski definition) is 4. The number of hydrogen-bond donors (Lipinski definition) is 1. The summed E-state index contributed by atoms with van der Waals surface area (Å²) in [5.41, 5.74) is 2.74. The normalized spacial score (nSPS) is 36.0. The van der Waals surface area contributed by atoms with Gasteiger partial charge in [0.05, 0.1) is 20.3 Å². The third kappa shape index (κ3) is 1.52. The van der Waals surface area contributed by atoms with Crippen LogP contribution in [-0.2, 0) is 15.9 Å². The van der Waals surface area contributed by atoms with Crippen molar-refractivity contribution in [2.75, 3.05) is 14.2 Å². The molecule has 4 rings (SSSR count). The quantitative estimate of drug-likeness (QED) is 0.850. The van der Waals surface area contributed by atoms with E-state index in [4.69, 9.17) is 14.2 Å². The summed E-state index contributed by atoms with van der Waals surface area (Å²) in [6, 6.07) is 4.07. The number of aliphatic hydroxyl groups excluding tert-OH is 1. The highest BCUT2D eigenvalue weighted by molar-refractivity contribution is 5.60. The molecule has 1 spiro atoms. The third-order valence-electron chi connectivity index (χ3n) is 5.13. The lowest BCUT2D eigenvalue weighted by Crippen LogP contribution is -2.34. The minimum Gasteiger partial charge on any atom is -0.493 e. The SMILES string of the molecule is COc1cc2c(cc1OC)C13CCC(O)CC1=CC2(C)O3. The van der Waals surface area contributed by atoms with Gasteiger partial charge in [-0.05, 0) is 61.1 Å². The standard InChI is InChI=1S/C17H20O4/c1-16-9-10-6-11(18)4-5-17(10,21-16)13-8-15(20-3)14(19-2)7-12(13)16/h7-9,11,18H,4-6H2,1-3H3. The van der Waals surface area contributed by atoms with Gasteiger partial charge in [0.15, 0.2) is 11.5 Å². The summed E-state index contributed by atoms with van der Waals surface area (Å²) in [4.78, 5) is 0. The minimum absolute atomic E-state index is 0.253. The summed E-state index contributed by atoms with van der Waals surface area (Å²) >= 11 is 0. The Morgan fingerprint density at radius 2 is 1.86 bits per heavy atom. The fraction of sp³-hybridized carbons (Fsp3) is 0.529. The molecule has 1 saturated carbocycles. The molecule has 4 nitrogen and oxygen atoms in total. The number of ether oxygens (including phenoxy) is 3. The molecule has 112 valence electrons. The molecule has 1 N–H and O–H groups in total. The first-order valence-corrected chi connectivity index (χ1v) is 7.40. The maximum atomic E-state index is 9.95. The van der Waals surface area contributed by atoms with Gasteiger partial charge in [0.25, 0.3) is 0 Å². The van der Waals surface area contributed by atoms with Crippen molar-refractivity contribution in [3.63, 3.8) is 0 Å². The molecular weight excluding hydrogens is 268 g/mol. The van der Waals surface area contributed by atoms with Crippen molar-refractivity contribution < 1.29 is 19.3 Å². The predicted molar refractivity (Wildman–Crippen MR) is 77.6 cm³/mol. The van der Waals surface area contributed by atoms with Crippen LogP contribution in [0.3, 0.4) is 0 Å². The van der Waals surface area contributed by atoms with Crippen LogP contribution in [0.4, 0.5) is 0 Å². The van der Waals surface area contributed by atoms with E-state index < -0.39 is 5.60 Å². The average molecular weight is 288 g/mol. The van der Waals surface area contributed by atoms with Crippen molar-refractivity contribution in [3.05, 3.63) is 34.9 Å². The molecule has 1 aromatic carbocycles. The average Bonchev–Trinajstić information content (AvgIpc) is 2.90. The molecule has 0 radical (unpaired) electrons.